The molecule has 0 bridgehead atoms. The minimum Gasteiger partial charge on any atom is -0.481 e. The summed E-state index contributed by atoms with van der Waals surface area (Å²) < 4.78 is 13.0. The number of aliphatic carboxylic acids is 1. The van der Waals surface area contributed by atoms with Crippen molar-refractivity contribution >= 4 is 11.9 Å². The van der Waals surface area contributed by atoms with Crippen LogP contribution >= 0.6 is 0 Å². The summed E-state index contributed by atoms with van der Waals surface area (Å²) in [5.41, 5.74) is 5.81. The van der Waals surface area contributed by atoms with Gasteiger partial charge in [0.15, 0.2) is 6.29 Å². The Bertz CT molecular complexity index is 1380. The third-order valence-electron chi connectivity index (χ3n) is 8.49. The third-order valence-corrected chi connectivity index (χ3v) is 8.49. The Balaban J connectivity index is 1.27. The van der Waals surface area contributed by atoms with Gasteiger partial charge in [0.2, 0.25) is 5.91 Å². The molecule has 2 aliphatic heterocycles. The molecule has 5 rings (SSSR count). The van der Waals surface area contributed by atoms with Gasteiger partial charge in [-0.25, -0.2) is 0 Å². The molecule has 4 atom stereocenters. The molecule has 9 nitrogen and oxygen atoms in total. The van der Waals surface area contributed by atoms with Gasteiger partial charge in [-0.2, -0.15) is 0 Å². The number of carbonyl (C=O) groups excluding carboxylic acids is 1. The molecule has 2 aliphatic rings. The highest BCUT2D eigenvalue weighted by Gasteiger charge is 2.35. The molecule has 4 N–H and O–H groups in total. The fraction of sp³-hybridized carbons (Fsp3) is 0.429. The number of carbonyl (C=O) groups is 2. The van der Waals surface area contributed by atoms with Crippen LogP contribution in [-0.2, 0) is 32.2 Å². The highest BCUT2D eigenvalue weighted by molar-refractivity contribution is 5.76. The predicted octanol–water partition coefficient (Wildman–Crippen LogP) is 4.72. The molecule has 0 saturated carbocycles. The number of ether oxygens (including phenoxy) is 2. The molecular weight excluding hydrogens is 560 g/mol. The maximum atomic E-state index is 12.1. The van der Waals surface area contributed by atoms with Crippen molar-refractivity contribution in [3.8, 4) is 11.1 Å². The number of carboxylic acids is 1. The fourth-order valence-electron chi connectivity index (χ4n) is 6.02. The predicted molar refractivity (Wildman–Crippen MR) is 165 cm³/mol. The first kappa shape index (κ1) is 31.8. The monoisotopic (exact) mass is 602 g/mol. The SMILES string of the molecule is O=C(O)CCCC(=O)NCc1cccc(-c2ccc([C@H]3O[C@@H](CN4CCC[C@H]4CO)C[C@@H](c4ccc(CO)cc4)O3)cc2)c1. The first-order valence-electron chi connectivity index (χ1n) is 15.4. The van der Waals surface area contributed by atoms with Crippen LogP contribution in [0.25, 0.3) is 11.1 Å². The van der Waals surface area contributed by atoms with E-state index < -0.39 is 12.3 Å². The first-order valence-corrected chi connectivity index (χ1v) is 15.4. The highest BCUT2D eigenvalue weighted by Crippen LogP contribution is 2.39. The van der Waals surface area contributed by atoms with Crippen LogP contribution in [-0.4, -0.2) is 63.9 Å². The summed E-state index contributed by atoms with van der Waals surface area (Å²) in [4.78, 5) is 25.1. The summed E-state index contributed by atoms with van der Waals surface area (Å²) in [5, 5.41) is 31.0. The van der Waals surface area contributed by atoms with Gasteiger partial charge in [-0.05, 0) is 59.7 Å². The average molecular weight is 603 g/mol. The van der Waals surface area contributed by atoms with E-state index in [-0.39, 0.29) is 50.2 Å². The number of benzene rings is 3. The van der Waals surface area contributed by atoms with E-state index in [4.69, 9.17) is 14.6 Å². The van der Waals surface area contributed by atoms with Crippen LogP contribution in [0.4, 0.5) is 0 Å². The standard InChI is InChI=1S/C35H42N2O7/c38-22-24-9-11-27(12-10-24)32-19-31(21-37-17-3-6-30(37)23-39)43-35(44-32)28-15-13-26(14-16-28)29-5-1-4-25(18-29)20-36-33(40)7-2-8-34(41)42/h1,4-5,9-16,18,30-32,35,38-39H,2-3,6-8,17,19-23H2,(H,36,40)(H,41,42)/t30-,31+,32-,35-/m0/s1. The average Bonchev–Trinajstić information content (AvgIpc) is 3.50. The molecule has 234 valence electrons. The van der Waals surface area contributed by atoms with E-state index in [1.807, 2.05) is 72.8 Å². The van der Waals surface area contributed by atoms with Crippen molar-refractivity contribution in [3.63, 3.8) is 0 Å². The number of aliphatic hydroxyl groups excluding tert-OH is 2. The summed E-state index contributed by atoms with van der Waals surface area (Å²) in [5.74, 6) is -1.06. The van der Waals surface area contributed by atoms with Crippen molar-refractivity contribution < 1.29 is 34.4 Å². The van der Waals surface area contributed by atoms with Gasteiger partial charge in [0.05, 0.1) is 25.4 Å². The second-order valence-electron chi connectivity index (χ2n) is 11.7. The Kier molecular flexibility index (Phi) is 11.1. The molecule has 0 radical (unpaired) electrons. The van der Waals surface area contributed by atoms with Gasteiger partial charge in [0.1, 0.15) is 0 Å². The van der Waals surface area contributed by atoms with Crippen LogP contribution in [0.3, 0.4) is 0 Å². The van der Waals surface area contributed by atoms with E-state index in [0.29, 0.717) is 19.4 Å². The third kappa shape index (κ3) is 8.52. The van der Waals surface area contributed by atoms with Gasteiger partial charge >= 0.3 is 5.97 Å². The van der Waals surface area contributed by atoms with Crippen LogP contribution < -0.4 is 5.32 Å². The number of hydrogen-bond donors (Lipinski definition) is 4. The summed E-state index contributed by atoms with van der Waals surface area (Å²) in [6, 6.07) is 24.1. The molecule has 44 heavy (non-hydrogen) atoms. The van der Waals surface area contributed by atoms with Gasteiger partial charge in [0, 0.05) is 44.0 Å². The molecule has 9 heteroatoms. The lowest BCUT2D eigenvalue weighted by Gasteiger charge is -2.38. The molecule has 3 aromatic rings. The lowest BCUT2D eigenvalue weighted by Crippen LogP contribution is -2.42. The summed E-state index contributed by atoms with van der Waals surface area (Å²) in [7, 11) is 0. The lowest BCUT2D eigenvalue weighted by atomic mass is 9.98. The number of hydrogen-bond acceptors (Lipinski definition) is 7. The molecule has 2 fully saturated rings. The number of rotatable bonds is 13. The van der Waals surface area contributed by atoms with Crippen molar-refractivity contribution in [2.45, 2.75) is 76.2 Å². The number of nitrogens with one attached hydrogen (secondary N) is 1. The van der Waals surface area contributed by atoms with Crippen molar-refractivity contribution in [3.05, 3.63) is 95.1 Å². The van der Waals surface area contributed by atoms with Crippen molar-refractivity contribution in [2.24, 2.45) is 0 Å². The Labute approximate surface area is 258 Å². The summed E-state index contributed by atoms with van der Waals surface area (Å²) in [6.07, 6.45) is 2.47. The Morgan fingerprint density at radius 3 is 2.39 bits per heavy atom. The van der Waals surface area contributed by atoms with Crippen LogP contribution in [0.2, 0.25) is 0 Å². The van der Waals surface area contributed by atoms with Crippen LogP contribution in [0.5, 0.6) is 0 Å². The van der Waals surface area contributed by atoms with Gasteiger partial charge in [-0.1, -0.05) is 66.7 Å². The second kappa shape index (κ2) is 15.4. The Morgan fingerprint density at radius 2 is 1.66 bits per heavy atom. The van der Waals surface area contributed by atoms with Crippen molar-refractivity contribution in [1.82, 2.24) is 10.2 Å². The summed E-state index contributed by atoms with van der Waals surface area (Å²) >= 11 is 0. The molecule has 0 unspecified atom stereocenters. The maximum absolute atomic E-state index is 12.1. The van der Waals surface area contributed by atoms with Crippen LogP contribution in [0.15, 0.2) is 72.8 Å². The smallest absolute Gasteiger partial charge is 0.303 e. The Hall–Kier alpha value is -3.60. The number of aliphatic hydroxyl groups is 2. The number of amides is 1. The summed E-state index contributed by atoms with van der Waals surface area (Å²) in [6.45, 7) is 2.21. The normalized spacial score (nSPS) is 22.1. The molecule has 1 amide bonds. The van der Waals surface area contributed by atoms with Crippen LogP contribution in [0.1, 0.15) is 73.2 Å². The lowest BCUT2D eigenvalue weighted by molar-refractivity contribution is -0.253. The molecule has 0 aliphatic carbocycles. The first-order chi connectivity index (χ1) is 21.4. The van der Waals surface area contributed by atoms with Gasteiger partial charge in [-0.3, -0.25) is 14.5 Å². The van der Waals surface area contributed by atoms with E-state index in [2.05, 4.69) is 10.2 Å². The molecule has 0 spiro atoms. The van der Waals surface area contributed by atoms with Crippen molar-refractivity contribution in [2.75, 3.05) is 19.7 Å². The zero-order chi connectivity index (χ0) is 30.9. The van der Waals surface area contributed by atoms with Crippen molar-refractivity contribution in [1.29, 1.82) is 0 Å². The van der Waals surface area contributed by atoms with Crippen LogP contribution in [0, 0.1) is 0 Å². The largest absolute Gasteiger partial charge is 0.481 e. The second-order valence-corrected chi connectivity index (χ2v) is 11.7. The maximum Gasteiger partial charge on any atom is 0.303 e. The highest BCUT2D eigenvalue weighted by atomic mass is 16.7. The van der Waals surface area contributed by atoms with E-state index in [1.54, 1.807) is 0 Å². The molecule has 2 heterocycles. The number of likely N-dealkylation sites (tertiary alicyclic amines) is 1. The van der Waals surface area contributed by atoms with Gasteiger partial charge < -0.3 is 30.1 Å². The molecule has 2 saturated heterocycles. The minimum atomic E-state index is -0.899. The van der Waals surface area contributed by atoms with Gasteiger partial charge in [-0.15, -0.1) is 0 Å². The number of nitrogens with zero attached hydrogens (tertiary/aromatic N) is 1. The minimum absolute atomic E-state index is 0.00381. The van der Waals surface area contributed by atoms with Gasteiger partial charge in [0.25, 0.3) is 0 Å². The fourth-order valence-corrected chi connectivity index (χ4v) is 6.02. The zero-order valence-corrected chi connectivity index (χ0v) is 24.9. The molecule has 0 aromatic heterocycles. The van der Waals surface area contributed by atoms with E-state index in [1.165, 1.54) is 0 Å². The molecular formula is C35H42N2O7. The van der Waals surface area contributed by atoms with E-state index in [9.17, 15) is 19.8 Å². The van der Waals surface area contributed by atoms with E-state index in [0.717, 1.165) is 59.3 Å². The topological polar surface area (TPSA) is 129 Å². The quantitative estimate of drug-likeness (QED) is 0.221. The number of carboxylic acid groups (broad SMARTS) is 1. The zero-order valence-electron chi connectivity index (χ0n) is 24.9. The molecule has 3 aromatic carbocycles. The Morgan fingerprint density at radius 1 is 0.886 bits per heavy atom. The van der Waals surface area contributed by atoms with E-state index >= 15 is 0 Å².